The number of halogens is 1. The first-order valence-electron chi connectivity index (χ1n) is 8.42. The van der Waals surface area contributed by atoms with E-state index in [9.17, 15) is 4.79 Å². The summed E-state index contributed by atoms with van der Waals surface area (Å²) < 4.78 is 7.50. The van der Waals surface area contributed by atoms with Crippen molar-refractivity contribution in [3.63, 3.8) is 0 Å². The molecule has 0 saturated heterocycles. The third kappa shape index (κ3) is 4.07. The summed E-state index contributed by atoms with van der Waals surface area (Å²) in [6.07, 6.45) is 5.83. The van der Waals surface area contributed by atoms with Crippen molar-refractivity contribution >= 4 is 21.8 Å². The number of benzene rings is 1. The SMILES string of the molecule is CCCCCCc1c(C)nn(C(=O)c2ccc(OC)c(Br)c2)c1C. The third-order valence-electron chi connectivity index (χ3n) is 4.31. The number of carbonyl (C=O) groups excluding carboxylic acids is 1. The molecule has 0 bridgehead atoms. The predicted octanol–water partition coefficient (Wildman–Crippen LogP) is 5.08. The summed E-state index contributed by atoms with van der Waals surface area (Å²) in [5.74, 6) is 0.593. The van der Waals surface area contributed by atoms with Crippen molar-refractivity contribution in [1.82, 2.24) is 9.78 Å². The maximum absolute atomic E-state index is 12.8. The summed E-state index contributed by atoms with van der Waals surface area (Å²) in [6.45, 7) is 6.17. The Morgan fingerprint density at radius 3 is 2.62 bits per heavy atom. The van der Waals surface area contributed by atoms with Crippen LogP contribution < -0.4 is 4.74 Å². The number of carbonyl (C=O) groups is 1. The van der Waals surface area contributed by atoms with Gasteiger partial charge in [-0.3, -0.25) is 4.79 Å². The summed E-state index contributed by atoms with van der Waals surface area (Å²) in [6, 6.07) is 5.33. The quantitative estimate of drug-likeness (QED) is 0.616. The molecule has 0 saturated carbocycles. The fourth-order valence-corrected chi connectivity index (χ4v) is 3.43. The van der Waals surface area contributed by atoms with Crippen LogP contribution in [0.4, 0.5) is 0 Å². The van der Waals surface area contributed by atoms with Gasteiger partial charge < -0.3 is 4.74 Å². The Labute approximate surface area is 152 Å². The molecule has 1 heterocycles. The molecule has 1 aromatic carbocycles. The number of nitrogens with zero attached hydrogens (tertiary/aromatic N) is 2. The molecule has 0 N–H and O–H groups in total. The van der Waals surface area contributed by atoms with Crippen LogP contribution in [-0.2, 0) is 6.42 Å². The summed E-state index contributed by atoms with van der Waals surface area (Å²) in [5, 5.41) is 4.48. The maximum atomic E-state index is 12.8. The maximum Gasteiger partial charge on any atom is 0.278 e. The summed E-state index contributed by atoms with van der Waals surface area (Å²) in [7, 11) is 1.60. The topological polar surface area (TPSA) is 44.1 Å². The molecule has 0 amide bonds. The lowest BCUT2D eigenvalue weighted by Crippen LogP contribution is -2.15. The zero-order chi connectivity index (χ0) is 17.7. The van der Waals surface area contributed by atoms with Crippen molar-refractivity contribution < 1.29 is 9.53 Å². The fraction of sp³-hybridized carbons (Fsp3) is 0.474. The first kappa shape index (κ1) is 18.7. The molecule has 5 heteroatoms. The number of rotatable bonds is 7. The zero-order valence-corrected chi connectivity index (χ0v) is 16.4. The number of hydrogen-bond donors (Lipinski definition) is 0. The lowest BCUT2D eigenvalue weighted by atomic mass is 10.0. The number of aryl methyl sites for hydroxylation is 1. The van der Waals surface area contributed by atoms with Crippen LogP contribution in [0.5, 0.6) is 5.75 Å². The minimum atomic E-state index is -0.112. The number of hydrogen-bond acceptors (Lipinski definition) is 3. The van der Waals surface area contributed by atoms with Crippen LogP contribution in [0.1, 0.15) is 59.9 Å². The van der Waals surface area contributed by atoms with Crippen molar-refractivity contribution in [3.8, 4) is 5.75 Å². The first-order valence-corrected chi connectivity index (χ1v) is 9.22. The Kier molecular flexibility index (Phi) is 6.60. The van der Waals surface area contributed by atoms with Crippen molar-refractivity contribution in [3.05, 3.63) is 45.2 Å². The Balaban J connectivity index is 2.22. The van der Waals surface area contributed by atoms with Crippen LogP contribution in [0.3, 0.4) is 0 Å². The van der Waals surface area contributed by atoms with Gasteiger partial charge in [-0.15, -0.1) is 0 Å². The molecule has 0 aliphatic carbocycles. The van der Waals surface area contributed by atoms with Crippen LogP contribution in [0.25, 0.3) is 0 Å². The predicted molar refractivity (Wildman–Crippen MR) is 100.0 cm³/mol. The van der Waals surface area contributed by atoms with E-state index in [0.717, 1.165) is 28.7 Å². The second-order valence-electron chi connectivity index (χ2n) is 6.03. The summed E-state index contributed by atoms with van der Waals surface area (Å²) >= 11 is 3.43. The van der Waals surface area contributed by atoms with Crippen LogP contribution >= 0.6 is 15.9 Å². The Morgan fingerprint density at radius 2 is 2.00 bits per heavy atom. The number of methoxy groups -OCH3 is 1. The molecule has 130 valence electrons. The average Bonchev–Trinajstić information content (AvgIpc) is 2.85. The normalized spacial score (nSPS) is 10.9. The molecule has 0 unspecified atom stereocenters. The average molecular weight is 393 g/mol. The highest BCUT2D eigenvalue weighted by atomic mass is 79.9. The molecule has 2 rings (SSSR count). The van der Waals surface area contributed by atoms with E-state index in [-0.39, 0.29) is 5.91 Å². The molecule has 0 fully saturated rings. The van der Waals surface area contributed by atoms with E-state index in [1.54, 1.807) is 25.3 Å². The van der Waals surface area contributed by atoms with Crippen LogP contribution in [0.15, 0.2) is 22.7 Å². The lowest BCUT2D eigenvalue weighted by Gasteiger charge is -2.07. The van der Waals surface area contributed by atoms with Gasteiger partial charge in [0.05, 0.1) is 17.3 Å². The smallest absolute Gasteiger partial charge is 0.278 e. The van der Waals surface area contributed by atoms with E-state index >= 15 is 0 Å². The summed E-state index contributed by atoms with van der Waals surface area (Å²) in [4.78, 5) is 12.8. The molecule has 4 nitrogen and oxygen atoms in total. The fourth-order valence-electron chi connectivity index (χ4n) is 2.88. The Hall–Kier alpha value is -1.62. The Morgan fingerprint density at radius 1 is 1.25 bits per heavy atom. The molecule has 0 spiro atoms. The molecule has 0 atom stereocenters. The minimum Gasteiger partial charge on any atom is -0.496 e. The second-order valence-corrected chi connectivity index (χ2v) is 6.88. The van der Waals surface area contributed by atoms with Gasteiger partial charge in [0.25, 0.3) is 5.91 Å². The van der Waals surface area contributed by atoms with Crippen molar-refractivity contribution in [2.75, 3.05) is 7.11 Å². The van der Waals surface area contributed by atoms with Gasteiger partial charge in [-0.25, -0.2) is 4.68 Å². The lowest BCUT2D eigenvalue weighted by molar-refractivity contribution is 0.0942. The monoisotopic (exact) mass is 392 g/mol. The van der Waals surface area contributed by atoms with Gasteiger partial charge >= 0.3 is 0 Å². The highest BCUT2D eigenvalue weighted by Gasteiger charge is 2.18. The second kappa shape index (κ2) is 8.47. The van der Waals surface area contributed by atoms with Gasteiger partial charge in [0.2, 0.25) is 0 Å². The zero-order valence-electron chi connectivity index (χ0n) is 14.9. The van der Waals surface area contributed by atoms with Gasteiger partial charge in [0, 0.05) is 11.3 Å². The van der Waals surface area contributed by atoms with Gasteiger partial charge in [-0.2, -0.15) is 5.10 Å². The molecule has 2 aromatic rings. The molecule has 0 aliphatic rings. The van der Waals surface area contributed by atoms with Crippen LogP contribution in [0, 0.1) is 13.8 Å². The highest BCUT2D eigenvalue weighted by Crippen LogP contribution is 2.26. The first-order chi connectivity index (χ1) is 11.5. The van der Waals surface area contributed by atoms with Crippen LogP contribution in [0.2, 0.25) is 0 Å². The van der Waals surface area contributed by atoms with Crippen molar-refractivity contribution in [1.29, 1.82) is 0 Å². The Bertz CT molecular complexity index is 722. The molecular formula is C19H25BrN2O2. The van der Waals surface area contributed by atoms with E-state index < -0.39 is 0 Å². The van der Waals surface area contributed by atoms with E-state index in [0.29, 0.717) is 11.3 Å². The van der Waals surface area contributed by atoms with Gasteiger partial charge in [-0.1, -0.05) is 26.2 Å². The van der Waals surface area contributed by atoms with Gasteiger partial charge in [0.15, 0.2) is 0 Å². The van der Waals surface area contributed by atoms with Crippen molar-refractivity contribution in [2.24, 2.45) is 0 Å². The number of aromatic nitrogens is 2. The molecule has 0 aliphatic heterocycles. The van der Waals surface area contributed by atoms with E-state index in [2.05, 4.69) is 28.0 Å². The van der Waals surface area contributed by atoms with Crippen LogP contribution in [-0.4, -0.2) is 22.8 Å². The summed E-state index contributed by atoms with van der Waals surface area (Å²) in [5.41, 5.74) is 3.68. The molecule has 1 aromatic heterocycles. The largest absolute Gasteiger partial charge is 0.496 e. The number of unbranched alkanes of at least 4 members (excludes halogenated alkanes) is 3. The minimum absolute atomic E-state index is 0.112. The molecule has 0 radical (unpaired) electrons. The van der Waals surface area contributed by atoms with E-state index in [4.69, 9.17) is 4.74 Å². The molecular weight excluding hydrogens is 368 g/mol. The van der Waals surface area contributed by atoms with E-state index in [1.807, 2.05) is 13.8 Å². The van der Waals surface area contributed by atoms with Gasteiger partial charge in [-0.05, 0) is 66.4 Å². The highest BCUT2D eigenvalue weighted by molar-refractivity contribution is 9.10. The number of ether oxygens (including phenoxy) is 1. The molecule has 24 heavy (non-hydrogen) atoms. The standard InChI is InChI=1S/C19H25BrN2O2/c1-5-6-7-8-9-16-13(2)21-22(14(16)3)19(23)15-10-11-18(24-4)17(20)12-15/h10-12H,5-9H2,1-4H3. The third-order valence-corrected chi connectivity index (χ3v) is 4.93. The van der Waals surface area contributed by atoms with Crippen molar-refractivity contribution in [2.45, 2.75) is 52.9 Å². The van der Waals surface area contributed by atoms with Gasteiger partial charge in [0.1, 0.15) is 5.75 Å². The van der Waals surface area contributed by atoms with E-state index in [1.165, 1.54) is 29.5 Å².